The largest absolute Gasteiger partial charge is 0.520 e. The summed E-state index contributed by atoms with van der Waals surface area (Å²) in [6.45, 7) is 8.35. The zero-order valence-electron chi connectivity index (χ0n) is 16.3. The normalized spacial score (nSPS) is 10.3. The summed E-state index contributed by atoms with van der Waals surface area (Å²) < 4.78 is 5.43. The summed E-state index contributed by atoms with van der Waals surface area (Å²) in [5, 5.41) is 0. The molecule has 0 saturated carbocycles. The van der Waals surface area contributed by atoms with Crippen LogP contribution in [0, 0.1) is 23.7 Å². The van der Waals surface area contributed by atoms with Crippen molar-refractivity contribution < 1.29 is 9.22 Å². The fraction of sp³-hybridized carbons (Fsp3) is 0.762. The number of rotatable bonds is 11. The number of carbonyl (C=O) groups excluding carboxylic acids is 1. The minimum atomic E-state index is -1.70. The highest BCUT2D eigenvalue weighted by Gasteiger charge is 2.19. The Morgan fingerprint density at radius 3 is 1.92 bits per heavy atom. The van der Waals surface area contributed by atoms with E-state index in [0.29, 0.717) is 12.8 Å². The van der Waals surface area contributed by atoms with Gasteiger partial charge < -0.3 is 4.43 Å². The Morgan fingerprint density at radius 2 is 1.33 bits per heavy atom. The zero-order valence-corrected chi connectivity index (χ0v) is 17.3. The average Bonchev–Trinajstić information content (AvgIpc) is 2.49. The second-order valence-electron chi connectivity index (χ2n) is 7.20. The molecular formula is C21H36O2Si. The highest BCUT2D eigenvalue weighted by molar-refractivity contribution is 6.71. The zero-order chi connectivity index (χ0) is 18.1. The molecule has 0 rings (SSSR count). The van der Waals surface area contributed by atoms with E-state index in [2.05, 4.69) is 30.6 Å². The van der Waals surface area contributed by atoms with Crippen LogP contribution in [-0.2, 0) is 9.22 Å². The van der Waals surface area contributed by atoms with Gasteiger partial charge in [-0.2, -0.15) is 0 Å². The molecule has 3 heteroatoms. The molecule has 0 spiro atoms. The second kappa shape index (κ2) is 15.3. The van der Waals surface area contributed by atoms with Gasteiger partial charge in [0.1, 0.15) is 0 Å². The lowest BCUT2D eigenvalue weighted by Gasteiger charge is -2.17. The lowest BCUT2D eigenvalue weighted by atomic mass is 10.1. The third-order valence-electron chi connectivity index (χ3n) is 3.43. The SMILES string of the molecule is CCCCCC#CCC#CCCCCCCCC(=O)O[Si](C)(C)C. The molecular weight excluding hydrogens is 312 g/mol. The number of carbonyl (C=O) groups is 1. The highest BCUT2D eigenvalue weighted by Crippen LogP contribution is 2.10. The van der Waals surface area contributed by atoms with Crippen molar-refractivity contribution in [2.45, 2.75) is 104 Å². The molecule has 0 radical (unpaired) electrons. The first-order valence-corrected chi connectivity index (χ1v) is 13.0. The first-order valence-electron chi connectivity index (χ1n) is 9.59. The van der Waals surface area contributed by atoms with Gasteiger partial charge in [0.25, 0.3) is 5.97 Å². The van der Waals surface area contributed by atoms with Crippen molar-refractivity contribution in [1.82, 2.24) is 0 Å². The quantitative estimate of drug-likeness (QED) is 0.257. The van der Waals surface area contributed by atoms with Crippen molar-refractivity contribution in [2.75, 3.05) is 0 Å². The molecule has 0 aliphatic rings. The van der Waals surface area contributed by atoms with Gasteiger partial charge in [0.05, 0.1) is 6.42 Å². The van der Waals surface area contributed by atoms with Crippen molar-refractivity contribution in [1.29, 1.82) is 0 Å². The standard InChI is InChI=1S/C21H36O2Si/c1-5-6-7-8-9-10-11-12-13-14-15-16-17-18-19-20-21(22)23-24(2,3)4/h5-8,11,14-20H2,1-4H3. The third-order valence-corrected chi connectivity index (χ3v) is 4.27. The summed E-state index contributed by atoms with van der Waals surface area (Å²) in [7, 11) is -1.70. The molecule has 24 heavy (non-hydrogen) atoms. The second-order valence-corrected chi connectivity index (χ2v) is 11.6. The molecule has 0 fully saturated rings. The maximum atomic E-state index is 11.6. The molecule has 2 nitrogen and oxygen atoms in total. The Morgan fingerprint density at radius 1 is 0.792 bits per heavy atom. The number of hydrogen-bond acceptors (Lipinski definition) is 2. The summed E-state index contributed by atoms with van der Waals surface area (Å²) in [6, 6.07) is 0. The Bertz CT molecular complexity index is 440. The molecule has 0 N–H and O–H groups in total. The molecule has 0 aliphatic heterocycles. The molecule has 0 atom stereocenters. The molecule has 0 bridgehead atoms. The van der Waals surface area contributed by atoms with E-state index in [9.17, 15) is 4.79 Å². The van der Waals surface area contributed by atoms with E-state index < -0.39 is 8.32 Å². The Balaban J connectivity index is 3.40. The molecule has 0 amide bonds. The Labute approximate surface area is 151 Å². The lowest BCUT2D eigenvalue weighted by molar-refractivity contribution is -0.135. The molecule has 0 saturated heterocycles. The van der Waals surface area contributed by atoms with Crippen LogP contribution in [-0.4, -0.2) is 14.3 Å². The van der Waals surface area contributed by atoms with Crippen LogP contribution in [0.1, 0.15) is 84.0 Å². The Hall–Kier alpha value is -1.19. The summed E-state index contributed by atoms with van der Waals surface area (Å²) in [6.07, 6.45) is 12.6. The Kier molecular flexibility index (Phi) is 14.6. The van der Waals surface area contributed by atoms with Gasteiger partial charge in [0.15, 0.2) is 0 Å². The molecule has 0 aromatic rings. The van der Waals surface area contributed by atoms with Crippen LogP contribution in [0.2, 0.25) is 19.6 Å². The van der Waals surface area contributed by atoms with E-state index in [-0.39, 0.29) is 5.97 Å². The molecule has 136 valence electrons. The molecule has 0 aliphatic carbocycles. The van der Waals surface area contributed by atoms with Crippen LogP contribution in [0.25, 0.3) is 0 Å². The molecule has 0 aromatic carbocycles. The topological polar surface area (TPSA) is 26.3 Å². The van der Waals surface area contributed by atoms with Crippen LogP contribution in [0.3, 0.4) is 0 Å². The minimum Gasteiger partial charge on any atom is -0.520 e. The van der Waals surface area contributed by atoms with Gasteiger partial charge in [-0.15, -0.1) is 11.8 Å². The van der Waals surface area contributed by atoms with Crippen molar-refractivity contribution in [2.24, 2.45) is 0 Å². The smallest absolute Gasteiger partial charge is 0.292 e. The van der Waals surface area contributed by atoms with Crippen molar-refractivity contribution in [3.05, 3.63) is 0 Å². The predicted octanol–water partition coefficient (Wildman–Crippen LogP) is 6.07. The van der Waals surface area contributed by atoms with Gasteiger partial charge in [0, 0.05) is 19.3 Å². The third kappa shape index (κ3) is 18.9. The van der Waals surface area contributed by atoms with E-state index in [0.717, 1.165) is 32.1 Å². The van der Waals surface area contributed by atoms with E-state index in [1.165, 1.54) is 32.1 Å². The molecule has 0 heterocycles. The summed E-state index contributed by atoms with van der Waals surface area (Å²) in [5.41, 5.74) is 0. The first-order chi connectivity index (χ1) is 11.5. The fourth-order valence-corrected chi connectivity index (χ4v) is 3.00. The molecule has 0 aromatic heterocycles. The van der Waals surface area contributed by atoms with Crippen molar-refractivity contribution in [3.63, 3.8) is 0 Å². The van der Waals surface area contributed by atoms with E-state index in [1.807, 2.05) is 19.6 Å². The van der Waals surface area contributed by atoms with E-state index >= 15 is 0 Å². The minimum absolute atomic E-state index is 0.0177. The molecule has 0 unspecified atom stereocenters. The van der Waals surface area contributed by atoms with Crippen molar-refractivity contribution >= 4 is 14.3 Å². The maximum absolute atomic E-state index is 11.6. The van der Waals surface area contributed by atoms with Crippen LogP contribution in [0.5, 0.6) is 0 Å². The average molecular weight is 349 g/mol. The van der Waals surface area contributed by atoms with E-state index in [4.69, 9.17) is 4.43 Å². The van der Waals surface area contributed by atoms with Gasteiger partial charge in [-0.1, -0.05) is 50.9 Å². The van der Waals surface area contributed by atoms with Gasteiger partial charge in [0.2, 0.25) is 8.32 Å². The van der Waals surface area contributed by atoms with Crippen LogP contribution in [0.15, 0.2) is 0 Å². The van der Waals surface area contributed by atoms with Gasteiger partial charge in [-0.05, 0) is 38.9 Å². The first kappa shape index (κ1) is 22.8. The summed E-state index contributed by atoms with van der Waals surface area (Å²) in [4.78, 5) is 11.6. The number of hydrogen-bond donors (Lipinski definition) is 0. The maximum Gasteiger partial charge on any atom is 0.292 e. The monoisotopic (exact) mass is 348 g/mol. The van der Waals surface area contributed by atoms with Gasteiger partial charge in [-0.3, -0.25) is 4.79 Å². The van der Waals surface area contributed by atoms with Crippen LogP contribution >= 0.6 is 0 Å². The number of unbranched alkanes of at least 4 members (excludes halogenated alkanes) is 8. The summed E-state index contributed by atoms with van der Waals surface area (Å²) in [5.74, 6) is 12.6. The highest BCUT2D eigenvalue weighted by atomic mass is 28.4. The van der Waals surface area contributed by atoms with Gasteiger partial charge in [-0.25, -0.2) is 0 Å². The lowest BCUT2D eigenvalue weighted by Crippen LogP contribution is -2.28. The van der Waals surface area contributed by atoms with Crippen molar-refractivity contribution in [3.8, 4) is 23.7 Å². The van der Waals surface area contributed by atoms with Crippen LogP contribution in [0.4, 0.5) is 0 Å². The van der Waals surface area contributed by atoms with E-state index in [1.54, 1.807) is 0 Å². The predicted molar refractivity (Wildman–Crippen MR) is 106 cm³/mol. The van der Waals surface area contributed by atoms with Crippen LogP contribution < -0.4 is 0 Å². The fourth-order valence-electron chi connectivity index (χ4n) is 2.21. The van der Waals surface area contributed by atoms with Gasteiger partial charge >= 0.3 is 0 Å². The summed E-state index contributed by atoms with van der Waals surface area (Å²) >= 11 is 0.